The number of fused-ring (bicyclic) bond motifs is 1. The van der Waals surface area contributed by atoms with Crippen LogP contribution >= 0.6 is 0 Å². The van der Waals surface area contributed by atoms with Crippen LogP contribution in [0.5, 0.6) is 0 Å². The standard InChI is InChI=1S/C15H20N4O5/c1-4-8-5-19(13-10(8)12(18-23-3)16-7-17-13)14-15(2,22)11(21)9(6-20)24-14/h4-5,7,9,11,14,20-22H,1,6H2,2-3H3,(H,16,17,18)/t9-,11-,14-,15-/m1/s1. The van der Waals surface area contributed by atoms with E-state index in [0.29, 0.717) is 22.4 Å². The smallest absolute Gasteiger partial charge is 0.167 e. The number of nitrogens with zero attached hydrogens (tertiary/aromatic N) is 3. The first-order valence-corrected chi connectivity index (χ1v) is 7.39. The molecule has 0 amide bonds. The van der Waals surface area contributed by atoms with Gasteiger partial charge >= 0.3 is 0 Å². The van der Waals surface area contributed by atoms with E-state index < -0.39 is 30.6 Å². The molecule has 4 atom stereocenters. The molecule has 0 aromatic carbocycles. The van der Waals surface area contributed by atoms with Crippen LogP contribution in [0.15, 0.2) is 19.1 Å². The molecule has 1 saturated heterocycles. The van der Waals surface area contributed by atoms with E-state index in [4.69, 9.17) is 9.57 Å². The van der Waals surface area contributed by atoms with Gasteiger partial charge in [-0.25, -0.2) is 15.4 Å². The molecule has 3 heterocycles. The van der Waals surface area contributed by atoms with Crippen LogP contribution in [0.1, 0.15) is 18.7 Å². The topological polar surface area (TPSA) is 122 Å². The van der Waals surface area contributed by atoms with Gasteiger partial charge in [0.05, 0.1) is 19.1 Å². The second-order valence-corrected chi connectivity index (χ2v) is 5.80. The number of rotatable bonds is 5. The number of anilines is 1. The van der Waals surface area contributed by atoms with Gasteiger partial charge in [-0.15, -0.1) is 0 Å². The summed E-state index contributed by atoms with van der Waals surface area (Å²) in [5, 5.41) is 30.8. The average Bonchev–Trinajstić information content (AvgIpc) is 3.04. The molecule has 1 aliphatic heterocycles. The van der Waals surface area contributed by atoms with Crippen LogP contribution in [0.4, 0.5) is 5.82 Å². The first-order valence-electron chi connectivity index (χ1n) is 7.39. The Bertz CT molecular complexity index is 760. The van der Waals surface area contributed by atoms with Gasteiger partial charge in [0, 0.05) is 11.8 Å². The Morgan fingerprint density at radius 2 is 2.29 bits per heavy atom. The van der Waals surface area contributed by atoms with Gasteiger partial charge in [-0.3, -0.25) is 4.84 Å². The van der Waals surface area contributed by atoms with Gasteiger partial charge < -0.3 is 24.6 Å². The predicted molar refractivity (Wildman–Crippen MR) is 85.9 cm³/mol. The third-order valence-electron chi connectivity index (χ3n) is 4.24. The number of ether oxygens (including phenoxy) is 1. The third-order valence-corrected chi connectivity index (χ3v) is 4.24. The summed E-state index contributed by atoms with van der Waals surface area (Å²) in [6, 6.07) is 0. The van der Waals surface area contributed by atoms with Crippen molar-refractivity contribution < 1.29 is 24.9 Å². The number of hydrogen-bond donors (Lipinski definition) is 4. The fourth-order valence-electron chi connectivity index (χ4n) is 3.01. The first kappa shape index (κ1) is 16.8. The molecule has 24 heavy (non-hydrogen) atoms. The summed E-state index contributed by atoms with van der Waals surface area (Å²) in [4.78, 5) is 13.3. The highest BCUT2D eigenvalue weighted by Crippen LogP contribution is 2.41. The van der Waals surface area contributed by atoms with Crippen molar-refractivity contribution in [3.05, 3.63) is 24.7 Å². The monoisotopic (exact) mass is 336 g/mol. The van der Waals surface area contributed by atoms with E-state index in [2.05, 4.69) is 22.0 Å². The maximum Gasteiger partial charge on any atom is 0.167 e. The summed E-state index contributed by atoms with van der Waals surface area (Å²) in [5.74, 6) is 0.438. The lowest BCUT2D eigenvalue weighted by Crippen LogP contribution is -2.44. The molecule has 1 aliphatic rings. The largest absolute Gasteiger partial charge is 0.394 e. The van der Waals surface area contributed by atoms with Gasteiger partial charge in [-0.2, -0.15) is 0 Å². The maximum absolute atomic E-state index is 10.7. The van der Waals surface area contributed by atoms with E-state index in [1.807, 2.05) is 0 Å². The van der Waals surface area contributed by atoms with Crippen molar-refractivity contribution in [3.63, 3.8) is 0 Å². The van der Waals surface area contributed by atoms with Crippen molar-refractivity contribution in [3.8, 4) is 0 Å². The summed E-state index contributed by atoms with van der Waals surface area (Å²) < 4.78 is 7.25. The molecule has 0 spiro atoms. The number of nitrogens with one attached hydrogen (secondary N) is 1. The minimum Gasteiger partial charge on any atom is -0.394 e. The Morgan fingerprint density at radius 1 is 1.54 bits per heavy atom. The summed E-state index contributed by atoms with van der Waals surface area (Å²) in [7, 11) is 1.46. The zero-order chi connectivity index (χ0) is 17.5. The van der Waals surface area contributed by atoms with E-state index in [0.717, 1.165) is 0 Å². The molecule has 0 unspecified atom stereocenters. The van der Waals surface area contributed by atoms with E-state index in [1.54, 1.807) is 16.8 Å². The van der Waals surface area contributed by atoms with Crippen LogP contribution in [0.3, 0.4) is 0 Å². The molecule has 9 heteroatoms. The zero-order valence-electron chi connectivity index (χ0n) is 13.4. The van der Waals surface area contributed by atoms with E-state index in [1.165, 1.54) is 20.4 Å². The Morgan fingerprint density at radius 3 is 2.88 bits per heavy atom. The van der Waals surface area contributed by atoms with Crippen molar-refractivity contribution in [2.45, 2.75) is 31.0 Å². The van der Waals surface area contributed by atoms with Crippen molar-refractivity contribution in [2.24, 2.45) is 0 Å². The summed E-state index contributed by atoms with van der Waals surface area (Å²) in [6.07, 6.45) is 1.58. The van der Waals surface area contributed by atoms with Gasteiger partial charge in [0.15, 0.2) is 12.0 Å². The van der Waals surface area contributed by atoms with Crippen LogP contribution in [-0.2, 0) is 9.57 Å². The molecule has 0 radical (unpaired) electrons. The maximum atomic E-state index is 10.7. The second kappa shape index (κ2) is 6.11. The molecule has 4 N–H and O–H groups in total. The van der Waals surface area contributed by atoms with Gasteiger partial charge in [-0.1, -0.05) is 12.7 Å². The SMILES string of the molecule is C=Cc1cn([C@@H]2O[C@H](CO)[C@@H](O)[C@@]2(C)O)c2ncnc(NOC)c12. The van der Waals surface area contributed by atoms with Crippen LogP contribution in [0, 0.1) is 0 Å². The molecule has 0 bridgehead atoms. The molecule has 2 aromatic rings. The van der Waals surface area contributed by atoms with Gasteiger partial charge in [-0.05, 0) is 6.92 Å². The number of aromatic nitrogens is 3. The number of aliphatic hydroxyl groups excluding tert-OH is 2. The van der Waals surface area contributed by atoms with Gasteiger partial charge in [0.25, 0.3) is 0 Å². The molecular weight excluding hydrogens is 316 g/mol. The minimum atomic E-state index is -1.61. The normalized spacial score (nSPS) is 30.0. The molecule has 1 fully saturated rings. The zero-order valence-corrected chi connectivity index (χ0v) is 13.4. The van der Waals surface area contributed by atoms with Crippen LogP contribution < -0.4 is 5.48 Å². The first-order chi connectivity index (χ1) is 11.5. The molecule has 0 aliphatic carbocycles. The van der Waals surface area contributed by atoms with Crippen LogP contribution in [-0.4, -0.2) is 61.4 Å². The summed E-state index contributed by atoms with van der Waals surface area (Å²) in [6.45, 7) is 4.82. The van der Waals surface area contributed by atoms with Crippen LogP contribution in [0.2, 0.25) is 0 Å². The van der Waals surface area contributed by atoms with E-state index >= 15 is 0 Å². The predicted octanol–water partition coefficient (Wildman–Crippen LogP) is 0.0492. The van der Waals surface area contributed by atoms with Gasteiger partial charge in [0.1, 0.15) is 29.8 Å². The Labute approximate surface area is 138 Å². The molecule has 0 saturated carbocycles. The highest BCUT2D eigenvalue weighted by molar-refractivity contribution is 5.95. The average molecular weight is 336 g/mol. The molecule has 9 nitrogen and oxygen atoms in total. The Hall–Kier alpha value is -2.04. The molecule has 3 rings (SSSR count). The lowest BCUT2D eigenvalue weighted by atomic mass is 9.96. The highest BCUT2D eigenvalue weighted by Gasteiger charge is 2.53. The van der Waals surface area contributed by atoms with E-state index in [-0.39, 0.29) is 0 Å². The quantitative estimate of drug-likeness (QED) is 0.565. The number of hydrogen-bond acceptors (Lipinski definition) is 8. The summed E-state index contributed by atoms with van der Waals surface area (Å²) >= 11 is 0. The fourth-order valence-corrected chi connectivity index (χ4v) is 3.01. The third kappa shape index (κ3) is 2.38. The van der Waals surface area contributed by atoms with Gasteiger partial charge in [0.2, 0.25) is 0 Å². The number of aliphatic hydroxyl groups is 3. The molecular formula is C15H20N4O5. The lowest BCUT2D eigenvalue weighted by molar-refractivity contribution is -0.0948. The molecule has 2 aromatic heterocycles. The van der Waals surface area contributed by atoms with E-state index in [9.17, 15) is 15.3 Å². The van der Waals surface area contributed by atoms with Crippen LogP contribution in [0.25, 0.3) is 17.1 Å². The minimum absolute atomic E-state index is 0.410. The summed E-state index contributed by atoms with van der Waals surface area (Å²) in [5.41, 5.74) is 2.23. The van der Waals surface area contributed by atoms with Crippen molar-refractivity contribution in [2.75, 3.05) is 19.2 Å². The lowest BCUT2D eigenvalue weighted by Gasteiger charge is -2.27. The molecule has 130 valence electrons. The fraction of sp³-hybridized carbons (Fsp3) is 0.467. The Balaban J connectivity index is 2.17. The van der Waals surface area contributed by atoms with Crippen molar-refractivity contribution in [1.29, 1.82) is 0 Å². The second-order valence-electron chi connectivity index (χ2n) is 5.80. The van der Waals surface area contributed by atoms with Crippen molar-refractivity contribution >= 4 is 22.9 Å². The van der Waals surface area contributed by atoms with Crippen molar-refractivity contribution in [1.82, 2.24) is 14.5 Å². The Kier molecular flexibility index (Phi) is 4.28. The highest BCUT2D eigenvalue weighted by atomic mass is 16.6.